The molecule has 3 rings (SSSR count). The maximum atomic E-state index is 6.27. The van der Waals surface area contributed by atoms with Gasteiger partial charge in [0.2, 0.25) is 0 Å². The van der Waals surface area contributed by atoms with E-state index in [2.05, 4.69) is 5.10 Å². The predicted octanol–water partition coefficient (Wildman–Crippen LogP) is 3.77. The molecule has 0 radical (unpaired) electrons. The number of aromatic nitrogens is 2. The van der Waals surface area contributed by atoms with Gasteiger partial charge in [-0.05, 0) is 36.2 Å². The summed E-state index contributed by atoms with van der Waals surface area (Å²) < 4.78 is 1.84. The maximum absolute atomic E-state index is 6.27. The number of para-hydroxylation sites is 1. The van der Waals surface area contributed by atoms with Gasteiger partial charge in [0.05, 0.1) is 11.9 Å². The number of hydrogen-bond donors (Lipinski definition) is 1. The van der Waals surface area contributed by atoms with Crippen molar-refractivity contribution in [1.82, 2.24) is 9.78 Å². The zero-order chi connectivity index (χ0) is 14.7. The van der Waals surface area contributed by atoms with Crippen LogP contribution in [0.5, 0.6) is 0 Å². The predicted molar refractivity (Wildman–Crippen MR) is 85.6 cm³/mol. The Labute approximate surface area is 129 Å². The Morgan fingerprint density at radius 3 is 2.67 bits per heavy atom. The Bertz CT molecular complexity index is 722. The van der Waals surface area contributed by atoms with E-state index in [0.717, 1.165) is 28.3 Å². The first kappa shape index (κ1) is 13.9. The van der Waals surface area contributed by atoms with Crippen LogP contribution in [-0.4, -0.2) is 9.78 Å². The molecule has 0 aliphatic rings. The molecule has 1 heterocycles. The van der Waals surface area contributed by atoms with Crippen LogP contribution in [0.2, 0.25) is 5.02 Å². The lowest BCUT2D eigenvalue weighted by atomic mass is 10.0. The fourth-order valence-corrected chi connectivity index (χ4v) is 2.50. The van der Waals surface area contributed by atoms with Crippen molar-refractivity contribution in [2.75, 3.05) is 0 Å². The number of benzene rings is 2. The topological polar surface area (TPSA) is 43.8 Å². The summed E-state index contributed by atoms with van der Waals surface area (Å²) in [4.78, 5) is 0. The minimum absolute atomic E-state index is 0.0964. The lowest BCUT2D eigenvalue weighted by Crippen LogP contribution is -2.12. The monoisotopic (exact) mass is 297 g/mol. The van der Waals surface area contributed by atoms with Crippen molar-refractivity contribution in [3.05, 3.63) is 83.1 Å². The van der Waals surface area contributed by atoms with Gasteiger partial charge in [-0.15, -0.1) is 0 Å². The fraction of sp³-hybridized carbons (Fsp3) is 0.118. The summed E-state index contributed by atoms with van der Waals surface area (Å²) in [6.07, 6.45) is 4.54. The Kier molecular flexibility index (Phi) is 4.04. The second-order valence-corrected chi connectivity index (χ2v) is 5.43. The van der Waals surface area contributed by atoms with Crippen LogP contribution in [0.25, 0.3) is 5.69 Å². The molecule has 1 atom stereocenters. The van der Waals surface area contributed by atoms with Crippen molar-refractivity contribution < 1.29 is 0 Å². The lowest BCUT2D eigenvalue weighted by Gasteiger charge is -2.09. The molecule has 0 aliphatic heterocycles. The molecule has 0 saturated heterocycles. The second-order valence-electron chi connectivity index (χ2n) is 4.99. The third kappa shape index (κ3) is 3.32. The SMILES string of the molecule is NC(Cc1cccc(Cl)c1)c1cnn(-c2ccccc2)c1. The van der Waals surface area contributed by atoms with E-state index < -0.39 is 0 Å². The fourth-order valence-electron chi connectivity index (χ4n) is 2.29. The van der Waals surface area contributed by atoms with Crippen molar-refractivity contribution in [2.45, 2.75) is 12.5 Å². The first-order valence-corrected chi connectivity index (χ1v) is 7.20. The average Bonchev–Trinajstić information content (AvgIpc) is 2.98. The largest absolute Gasteiger partial charge is 0.324 e. The molecule has 21 heavy (non-hydrogen) atoms. The molecular weight excluding hydrogens is 282 g/mol. The van der Waals surface area contributed by atoms with Gasteiger partial charge in [-0.2, -0.15) is 5.10 Å². The lowest BCUT2D eigenvalue weighted by molar-refractivity contribution is 0.721. The second kappa shape index (κ2) is 6.12. The van der Waals surface area contributed by atoms with Crippen molar-refractivity contribution in [1.29, 1.82) is 0 Å². The van der Waals surface area contributed by atoms with Crippen LogP contribution in [0.1, 0.15) is 17.2 Å². The number of nitrogens with zero attached hydrogens (tertiary/aromatic N) is 2. The summed E-state index contributed by atoms with van der Waals surface area (Å²) in [5.41, 5.74) is 9.44. The summed E-state index contributed by atoms with van der Waals surface area (Å²) in [6, 6.07) is 17.7. The highest BCUT2D eigenvalue weighted by molar-refractivity contribution is 6.30. The summed E-state index contributed by atoms with van der Waals surface area (Å²) in [7, 11) is 0. The molecule has 3 aromatic rings. The first-order chi connectivity index (χ1) is 10.2. The molecule has 2 N–H and O–H groups in total. The molecule has 0 saturated carbocycles. The van der Waals surface area contributed by atoms with Gasteiger partial charge in [-0.3, -0.25) is 0 Å². The Balaban J connectivity index is 1.77. The standard InChI is InChI=1S/C17H16ClN3/c18-15-6-4-5-13(9-15)10-17(19)14-11-20-21(12-14)16-7-2-1-3-8-16/h1-9,11-12,17H,10,19H2. The number of halogens is 1. The van der Waals surface area contributed by atoms with E-state index in [1.165, 1.54) is 0 Å². The Morgan fingerprint density at radius 2 is 1.90 bits per heavy atom. The first-order valence-electron chi connectivity index (χ1n) is 6.82. The molecule has 0 bridgehead atoms. The van der Waals surface area contributed by atoms with E-state index in [1.54, 1.807) is 0 Å². The van der Waals surface area contributed by atoms with E-state index in [0.29, 0.717) is 0 Å². The van der Waals surface area contributed by atoms with Crippen LogP contribution >= 0.6 is 11.6 Å². The smallest absolute Gasteiger partial charge is 0.0645 e. The molecule has 0 fully saturated rings. The number of nitrogens with two attached hydrogens (primary N) is 1. The summed E-state index contributed by atoms with van der Waals surface area (Å²) >= 11 is 6.00. The van der Waals surface area contributed by atoms with Crippen molar-refractivity contribution >= 4 is 11.6 Å². The highest BCUT2D eigenvalue weighted by Gasteiger charge is 2.10. The number of hydrogen-bond acceptors (Lipinski definition) is 2. The van der Waals surface area contributed by atoms with E-state index in [4.69, 9.17) is 17.3 Å². The van der Waals surface area contributed by atoms with Gasteiger partial charge < -0.3 is 5.73 Å². The summed E-state index contributed by atoms with van der Waals surface area (Å²) in [6.45, 7) is 0. The van der Waals surface area contributed by atoms with Crippen LogP contribution in [0.15, 0.2) is 67.0 Å². The molecule has 4 heteroatoms. The van der Waals surface area contributed by atoms with E-state index in [9.17, 15) is 0 Å². The van der Waals surface area contributed by atoms with Crippen molar-refractivity contribution in [3.8, 4) is 5.69 Å². The van der Waals surface area contributed by atoms with Gasteiger partial charge in [0, 0.05) is 22.8 Å². The number of rotatable bonds is 4. The normalized spacial score (nSPS) is 12.3. The molecule has 1 unspecified atom stereocenters. The van der Waals surface area contributed by atoms with Crippen molar-refractivity contribution in [3.63, 3.8) is 0 Å². The summed E-state index contributed by atoms with van der Waals surface area (Å²) in [5.74, 6) is 0. The van der Waals surface area contributed by atoms with Gasteiger partial charge in [0.15, 0.2) is 0 Å². The van der Waals surface area contributed by atoms with E-state index >= 15 is 0 Å². The highest BCUT2D eigenvalue weighted by atomic mass is 35.5. The van der Waals surface area contributed by atoms with Gasteiger partial charge in [0.25, 0.3) is 0 Å². The highest BCUT2D eigenvalue weighted by Crippen LogP contribution is 2.19. The van der Waals surface area contributed by atoms with Crippen LogP contribution in [0.4, 0.5) is 0 Å². The van der Waals surface area contributed by atoms with Crippen molar-refractivity contribution in [2.24, 2.45) is 5.73 Å². The summed E-state index contributed by atoms with van der Waals surface area (Å²) in [5, 5.41) is 5.11. The third-order valence-electron chi connectivity index (χ3n) is 3.40. The third-order valence-corrected chi connectivity index (χ3v) is 3.63. The average molecular weight is 298 g/mol. The minimum atomic E-state index is -0.0964. The minimum Gasteiger partial charge on any atom is -0.324 e. The van der Waals surface area contributed by atoms with Gasteiger partial charge in [0.1, 0.15) is 0 Å². The Hall–Kier alpha value is -2.10. The zero-order valence-electron chi connectivity index (χ0n) is 11.5. The van der Waals surface area contributed by atoms with Gasteiger partial charge >= 0.3 is 0 Å². The van der Waals surface area contributed by atoms with Crippen LogP contribution in [-0.2, 0) is 6.42 Å². The van der Waals surface area contributed by atoms with Gasteiger partial charge in [-0.25, -0.2) is 4.68 Å². The molecule has 2 aromatic carbocycles. The molecule has 0 amide bonds. The van der Waals surface area contributed by atoms with Gasteiger partial charge in [-0.1, -0.05) is 41.9 Å². The zero-order valence-corrected chi connectivity index (χ0v) is 12.2. The quantitative estimate of drug-likeness (QED) is 0.796. The molecule has 0 aliphatic carbocycles. The molecule has 1 aromatic heterocycles. The van der Waals surface area contributed by atoms with E-state index in [-0.39, 0.29) is 6.04 Å². The Morgan fingerprint density at radius 1 is 1.10 bits per heavy atom. The maximum Gasteiger partial charge on any atom is 0.0645 e. The van der Waals surface area contributed by atoms with E-state index in [1.807, 2.05) is 71.7 Å². The molecule has 3 nitrogen and oxygen atoms in total. The molecular formula is C17H16ClN3. The molecule has 0 spiro atoms. The van der Waals surface area contributed by atoms with Crippen LogP contribution in [0, 0.1) is 0 Å². The van der Waals surface area contributed by atoms with Crippen LogP contribution < -0.4 is 5.73 Å². The molecule has 106 valence electrons. The van der Waals surface area contributed by atoms with Crippen LogP contribution in [0.3, 0.4) is 0 Å².